The summed E-state index contributed by atoms with van der Waals surface area (Å²) in [5, 5.41) is 0. The fraction of sp³-hybridized carbons (Fsp3) is 0.133. The van der Waals surface area contributed by atoms with Crippen molar-refractivity contribution < 1.29 is 14.3 Å². The zero-order chi connectivity index (χ0) is 15.7. The maximum Gasteiger partial charge on any atom is 0.258 e. The molecule has 0 saturated carbocycles. The van der Waals surface area contributed by atoms with Gasteiger partial charge in [-0.3, -0.25) is 4.79 Å². The lowest BCUT2D eigenvalue weighted by Gasteiger charge is -2.07. The Labute approximate surface area is 138 Å². The number of fused-ring (bicyclic) bond motifs is 1. The van der Waals surface area contributed by atoms with Crippen molar-refractivity contribution in [2.75, 3.05) is 14.2 Å². The molecule has 0 spiro atoms. The van der Waals surface area contributed by atoms with Gasteiger partial charge in [0.05, 0.1) is 19.9 Å². The highest BCUT2D eigenvalue weighted by molar-refractivity contribution is 5.94. The van der Waals surface area contributed by atoms with Crippen molar-refractivity contribution in [2.45, 2.75) is 0 Å². The van der Waals surface area contributed by atoms with Crippen molar-refractivity contribution in [3.05, 3.63) is 42.4 Å². The van der Waals surface area contributed by atoms with Gasteiger partial charge in [-0.15, -0.1) is 12.4 Å². The maximum atomic E-state index is 11.3. The fourth-order valence-electron chi connectivity index (χ4n) is 2.23. The molecule has 0 aliphatic carbocycles. The van der Waals surface area contributed by atoms with Crippen molar-refractivity contribution in [1.82, 2.24) is 14.4 Å². The number of imidazole rings is 1. The third-order valence-electron chi connectivity index (χ3n) is 3.30. The number of benzene rings is 1. The van der Waals surface area contributed by atoms with Crippen LogP contribution in [0.5, 0.6) is 11.6 Å². The fourth-order valence-corrected chi connectivity index (χ4v) is 2.23. The number of carbonyl (C=O) groups is 1. The molecule has 0 aliphatic rings. The van der Waals surface area contributed by atoms with Crippen LogP contribution in [0.25, 0.3) is 16.9 Å². The van der Waals surface area contributed by atoms with Crippen molar-refractivity contribution >= 4 is 24.0 Å². The van der Waals surface area contributed by atoms with Crippen LogP contribution in [0, 0.1) is 0 Å². The van der Waals surface area contributed by atoms with E-state index in [-0.39, 0.29) is 12.4 Å². The lowest BCUT2D eigenvalue weighted by Crippen LogP contribution is -2.10. The summed E-state index contributed by atoms with van der Waals surface area (Å²) in [6, 6.07) is 4.98. The van der Waals surface area contributed by atoms with Crippen LogP contribution in [-0.4, -0.2) is 34.5 Å². The Hall–Kier alpha value is -2.80. The third-order valence-corrected chi connectivity index (χ3v) is 3.30. The van der Waals surface area contributed by atoms with Crippen molar-refractivity contribution in [3.63, 3.8) is 0 Å². The van der Waals surface area contributed by atoms with E-state index in [4.69, 9.17) is 15.2 Å². The van der Waals surface area contributed by atoms with E-state index in [2.05, 4.69) is 9.97 Å². The summed E-state index contributed by atoms with van der Waals surface area (Å²) in [6.45, 7) is 0. The van der Waals surface area contributed by atoms with Gasteiger partial charge in [0.2, 0.25) is 11.6 Å². The molecule has 2 N–H and O–H groups in total. The summed E-state index contributed by atoms with van der Waals surface area (Å²) < 4.78 is 12.3. The Bertz CT molecular complexity index is 863. The Kier molecular flexibility index (Phi) is 4.71. The number of ether oxygens (including phenoxy) is 2. The van der Waals surface area contributed by atoms with Crippen LogP contribution in [-0.2, 0) is 0 Å². The normalized spacial score (nSPS) is 10.2. The Morgan fingerprint density at radius 3 is 2.70 bits per heavy atom. The van der Waals surface area contributed by atoms with Gasteiger partial charge in [0.1, 0.15) is 5.75 Å². The van der Waals surface area contributed by atoms with Gasteiger partial charge in [0.15, 0.2) is 0 Å². The zero-order valence-corrected chi connectivity index (χ0v) is 13.3. The number of hydrogen-bond acceptors (Lipinski definition) is 5. The van der Waals surface area contributed by atoms with Crippen molar-refractivity contribution in [1.29, 1.82) is 0 Å². The Morgan fingerprint density at radius 2 is 2.04 bits per heavy atom. The van der Waals surface area contributed by atoms with Gasteiger partial charge in [-0.2, -0.15) is 0 Å². The lowest BCUT2D eigenvalue weighted by atomic mass is 10.1. The first kappa shape index (κ1) is 16.6. The molecule has 120 valence electrons. The zero-order valence-electron chi connectivity index (χ0n) is 12.5. The minimum absolute atomic E-state index is 0. The quantitative estimate of drug-likeness (QED) is 0.787. The standard InChI is InChI=1S/C15H14N4O3.ClH/c1-21-12-7-9(13(16)20)3-4-10(12)11-8-19-6-5-17-15(22-2)14(19)18-11;/h3-8H,1-2H3,(H2,16,20);1H. The molecule has 3 aromatic rings. The van der Waals surface area contributed by atoms with Crippen LogP contribution < -0.4 is 15.2 Å². The molecule has 0 fully saturated rings. The average Bonchev–Trinajstić information content (AvgIpc) is 2.97. The number of carbonyl (C=O) groups excluding carboxylic acids is 1. The van der Waals surface area contributed by atoms with Gasteiger partial charge in [0, 0.05) is 29.7 Å². The molecule has 0 unspecified atom stereocenters. The van der Waals surface area contributed by atoms with Gasteiger partial charge in [0.25, 0.3) is 5.88 Å². The van der Waals surface area contributed by atoms with Crippen molar-refractivity contribution in [2.24, 2.45) is 5.73 Å². The number of nitrogens with two attached hydrogens (primary N) is 1. The van der Waals surface area contributed by atoms with E-state index < -0.39 is 5.91 Å². The minimum atomic E-state index is -0.509. The van der Waals surface area contributed by atoms with Gasteiger partial charge in [-0.05, 0) is 18.2 Å². The number of primary amides is 1. The highest BCUT2D eigenvalue weighted by Gasteiger charge is 2.14. The first-order chi connectivity index (χ1) is 10.6. The molecule has 0 bridgehead atoms. The van der Waals surface area contributed by atoms with Gasteiger partial charge in [-0.25, -0.2) is 9.97 Å². The predicted octanol–water partition coefficient (Wildman–Crippen LogP) is 1.93. The molecule has 0 saturated heterocycles. The third kappa shape index (κ3) is 2.91. The molecule has 7 nitrogen and oxygen atoms in total. The first-order valence-electron chi connectivity index (χ1n) is 6.50. The van der Waals surface area contributed by atoms with E-state index in [1.807, 2.05) is 10.6 Å². The van der Waals surface area contributed by atoms with Crippen LogP contribution in [0.15, 0.2) is 36.8 Å². The number of halogens is 1. The Balaban J connectivity index is 0.00000192. The molecule has 3 rings (SSSR count). The van der Waals surface area contributed by atoms with E-state index in [0.29, 0.717) is 28.5 Å². The number of rotatable bonds is 4. The topological polar surface area (TPSA) is 91.7 Å². The Morgan fingerprint density at radius 1 is 1.26 bits per heavy atom. The van der Waals surface area contributed by atoms with Crippen LogP contribution >= 0.6 is 12.4 Å². The second-order valence-corrected chi connectivity index (χ2v) is 4.57. The summed E-state index contributed by atoms with van der Waals surface area (Å²) >= 11 is 0. The largest absolute Gasteiger partial charge is 0.496 e. The number of nitrogens with zero attached hydrogens (tertiary/aromatic N) is 3. The van der Waals surface area contributed by atoms with E-state index in [1.165, 1.54) is 7.11 Å². The molecule has 23 heavy (non-hydrogen) atoms. The molecule has 1 amide bonds. The average molecular weight is 335 g/mol. The summed E-state index contributed by atoms with van der Waals surface area (Å²) in [4.78, 5) is 19.9. The number of hydrogen-bond donors (Lipinski definition) is 1. The van der Waals surface area contributed by atoms with E-state index >= 15 is 0 Å². The summed E-state index contributed by atoms with van der Waals surface area (Å²) in [6.07, 6.45) is 5.24. The number of amides is 1. The van der Waals surface area contributed by atoms with E-state index in [1.54, 1.807) is 37.7 Å². The van der Waals surface area contributed by atoms with E-state index in [9.17, 15) is 4.79 Å². The van der Waals surface area contributed by atoms with Gasteiger partial charge >= 0.3 is 0 Å². The maximum absolute atomic E-state index is 11.3. The van der Waals surface area contributed by atoms with Crippen LogP contribution in [0.1, 0.15) is 10.4 Å². The highest BCUT2D eigenvalue weighted by atomic mass is 35.5. The van der Waals surface area contributed by atoms with Crippen LogP contribution in [0.2, 0.25) is 0 Å². The van der Waals surface area contributed by atoms with Gasteiger partial charge < -0.3 is 19.6 Å². The molecule has 0 atom stereocenters. The summed E-state index contributed by atoms with van der Waals surface area (Å²) in [5.74, 6) is 0.443. The summed E-state index contributed by atoms with van der Waals surface area (Å²) in [5.41, 5.74) is 7.69. The molecular formula is C15H15ClN4O3. The molecule has 2 heterocycles. The monoisotopic (exact) mass is 334 g/mol. The molecule has 2 aromatic heterocycles. The lowest BCUT2D eigenvalue weighted by molar-refractivity contribution is 0.1000. The second kappa shape index (κ2) is 6.53. The predicted molar refractivity (Wildman–Crippen MR) is 87.3 cm³/mol. The molecule has 8 heteroatoms. The molecule has 0 aliphatic heterocycles. The molecular weight excluding hydrogens is 320 g/mol. The van der Waals surface area contributed by atoms with Crippen molar-refractivity contribution in [3.8, 4) is 22.9 Å². The molecule has 1 aromatic carbocycles. The number of aromatic nitrogens is 3. The molecule has 0 radical (unpaired) electrons. The van der Waals surface area contributed by atoms with Crippen LogP contribution in [0.4, 0.5) is 0 Å². The second-order valence-electron chi connectivity index (χ2n) is 4.57. The first-order valence-corrected chi connectivity index (χ1v) is 6.50. The highest BCUT2D eigenvalue weighted by Crippen LogP contribution is 2.31. The van der Waals surface area contributed by atoms with E-state index in [0.717, 1.165) is 5.56 Å². The minimum Gasteiger partial charge on any atom is -0.496 e. The summed E-state index contributed by atoms with van der Waals surface area (Å²) in [7, 11) is 3.07. The smallest absolute Gasteiger partial charge is 0.258 e. The van der Waals surface area contributed by atoms with Gasteiger partial charge in [-0.1, -0.05) is 0 Å². The SMILES string of the molecule is COc1cc(C(N)=O)ccc1-c1cn2ccnc(OC)c2n1.Cl. The number of methoxy groups -OCH3 is 2. The van der Waals surface area contributed by atoms with Crippen LogP contribution in [0.3, 0.4) is 0 Å².